The summed E-state index contributed by atoms with van der Waals surface area (Å²) in [7, 11) is -4.10. The fourth-order valence-electron chi connectivity index (χ4n) is 4.10. The van der Waals surface area contributed by atoms with Gasteiger partial charge in [0.2, 0.25) is 0 Å². The predicted molar refractivity (Wildman–Crippen MR) is 133 cm³/mol. The molecule has 0 spiro atoms. The SMILES string of the molecule is CCC[C@H](Oc1cc(C)c(-n2cc(C(F)(F)F)cn2)c(C)c1)c1ccc(C(=O)CCCS(=O)(=O)O)cc1. The van der Waals surface area contributed by atoms with Gasteiger partial charge in [0.05, 0.1) is 23.2 Å². The zero-order valence-electron chi connectivity index (χ0n) is 20.7. The van der Waals surface area contributed by atoms with Crippen molar-refractivity contribution < 1.29 is 35.7 Å². The summed E-state index contributed by atoms with van der Waals surface area (Å²) in [6.07, 6.45) is -1.49. The Labute approximate surface area is 214 Å². The number of alkyl halides is 3. The van der Waals surface area contributed by atoms with Crippen LogP contribution in [0.3, 0.4) is 0 Å². The maximum absolute atomic E-state index is 13.0. The van der Waals surface area contributed by atoms with Crippen LogP contribution in [0.5, 0.6) is 5.75 Å². The van der Waals surface area contributed by atoms with E-state index in [2.05, 4.69) is 5.10 Å². The molecule has 200 valence electrons. The highest BCUT2D eigenvalue weighted by molar-refractivity contribution is 7.85. The molecule has 3 aromatic rings. The van der Waals surface area contributed by atoms with Crippen LogP contribution >= 0.6 is 0 Å². The van der Waals surface area contributed by atoms with E-state index in [0.29, 0.717) is 34.5 Å². The Balaban J connectivity index is 1.76. The molecule has 2 aromatic carbocycles. The van der Waals surface area contributed by atoms with Gasteiger partial charge < -0.3 is 4.74 Å². The molecule has 1 aromatic heterocycles. The van der Waals surface area contributed by atoms with Crippen molar-refractivity contribution in [1.29, 1.82) is 0 Å². The van der Waals surface area contributed by atoms with Gasteiger partial charge in [-0.3, -0.25) is 9.35 Å². The maximum atomic E-state index is 13.0. The van der Waals surface area contributed by atoms with E-state index in [0.717, 1.165) is 24.4 Å². The summed E-state index contributed by atoms with van der Waals surface area (Å²) in [6, 6.07) is 10.4. The van der Waals surface area contributed by atoms with E-state index in [1.165, 1.54) is 4.68 Å². The zero-order valence-corrected chi connectivity index (χ0v) is 21.6. The number of carbonyl (C=O) groups excluding carboxylic acids is 1. The summed E-state index contributed by atoms with van der Waals surface area (Å²) < 4.78 is 77.0. The standard InChI is InChI=1S/C26H29F3N2O5S/c1-4-6-24(20-10-8-19(9-11-20)23(32)7-5-12-37(33,34)35)36-22-13-17(2)25(18(3)14-22)31-16-21(15-30-31)26(27,28)29/h8-11,13-16,24H,4-7,12H2,1-3H3,(H,33,34,35)/t24-/m0/s1. The Morgan fingerprint density at radius 1 is 1.14 bits per heavy atom. The van der Waals surface area contributed by atoms with Gasteiger partial charge in [-0.15, -0.1) is 0 Å². The van der Waals surface area contributed by atoms with Gasteiger partial charge >= 0.3 is 6.18 Å². The van der Waals surface area contributed by atoms with Crippen LogP contribution in [0.1, 0.15) is 71.3 Å². The Morgan fingerprint density at radius 2 is 1.76 bits per heavy atom. The number of rotatable bonds is 11. The molecule has 0 bridgehead atoms. The fraction of sp³-hybridized carbons (Fsp3) is 0.385. The summed E-state index contributed by atoms with van der Waals surface area (Å²) in [5.74, 6) is -0.131. The van der Waals surface area contributed by atoms with Crippen molar-refractivity contribution in [3.05, 3.63) is 76.6 Å². The largest absolute Gasteiger partial charge is 0.486 e. The zero-order chi connectivity index (χ0) is 27.4. The number of aromatic nitrogens is 2. The van der Waals surface area contributed by atoms with E-state index in [9.17, 15) is 26.4 Å². The molecule has 0 aliphatic rings. The minimum absolute atomic E-state index is 0.000354. The van der Waals surface area contributed by atoms with E-state index in [1.54, 1.807) is 50.2 Å². The third-order valence-electron chi connectivity index (χ3n) is 5.84. The van der Waals surface area contributed by atoms with Gasteiger partial charge in [0, 0.05) is 18.2 Å². The van der Waals surface area contributed by atoms with Gasteiger partial charge in [0.25, 0.3) is 10.1 Å². The van der Waals surface area contributed by atoms with E-state index in [4.69, 9.17) is 9.29 Å². The van der Waals surface area contributed by atoms with Crippen LogP contribution < -0.4 is 4.74 Å². The normalized spacial score (nSPS) is 12.9. The van der Waals surface area contributed by atoms with Crippen LogP contribution in [-0.2, 0) is 16.3 Å². The highest BCUT2D eigenvalue weighted by Crippen LogP contribution is 2.33. The molecule has 37 heavy (non-hydrogen) atoms. The lowest BCUT2D eigenvalue weighted by atomic mass is 10.0. The van der Waals surface area contributed by atoms with Crippen molar-refractivity contribution in [2.24, 2.45) is 0 Å². The molecule has 0 aliphatic heterocycles. The number of carbonyl (C=O) groups is 1. The summed E-state index contributed by atoms with van der Waals surface area (Å²) in [4.78, 5) is 12.3. The Hall–Kier alpha value is -3.18. The van der Waals surface area contributed by atoms with Crippen LogP contribution in [0.4, 0.5) is 13.2 Å². The second kappa shape index (κ2) is 11.5. The summed E-state index contributed by atoms with van der Waals surface area (Å²) in [5, 5.41) is 3.88. The van der Waals surface area contributed by atoms with E-state index >= 15 is 0 Å². The topological polar surface area (TPSA) is 98.5 Å². The first-order valence-electron chi connectivity index (χ1n) is 11.8. The molecule has 0 saturated carbocycles. The number of Topliss-reactive ketones (excluding diaryl/α,β-unsaturated/α-hetero) is 1. The van der Waals surface area contributed by atoms with Gasteiger partial charge in [-0.1, -0.05) is 37.6 Å². The molecule has 0 fully saturated rings. The molecule has 0 radical (unpaired) electrons. The Morgan fingerprint density at radius 3 is 2.27 bits per heavy atom. The smallest absolute Gasteiger partial charge is 0.419 e. The molecule has 3 rings (SSSR count). The molecule has 0 aliphatic carbocycles. The van der Waals surface area contributed by atoms with Crippen molar-refractivity contribution in [2.75, 3.05) is 5.75 Å². The van der Waals surface area contributed by atoms with E-state index in [-0.39, 0.29) is 24.7 Å². The number of benzene rings is 2. The molecular formula is C26H29F3N2O5S. The van der Waals surface area contributed by atoms with Crippen molar-refractivity contribution in [1.82, 2.24) is 9.78 Å². The summed E-state index contributed by atoms with van der Waals surface area (Å²) in [5.41, 5.74) is 2.41. The number of halogens is 3. The first kappa shape index (κ1) is 28.4. The van der Waals surface area contributed by atoms with Gasteiger partial charge in [-0.05, 0) is 55.5 Å². The number of ether oxygens (including phenoxy) is 1. The second-order valence-corrected chi connectivity index (χ2v) is 10.5. The number of nitrogens with zero attached hydrogens (tertiary/aromatic N) is 2. The molecular weight excluding hydrogens is 509 g/mol. The molecule has 1 heterocycles. The van der Waals surface area contributed by atoms with Gasteiger partial charge in [-0.25, -0.2) is 4.68 Å². The Kier molecular flexibility index (Phi) is 8.80. The molecule has 1 N–H and O–H groups in total. The molecule has 0 unspecified atom stereocenters. The molecule has 0 amide bonds. The molecule has 7 nitrogen and oxygen atoms in total. The number of hydrogen-bond donors (Lipinski definition) is 1. The van der Waals surface area contributed by atoms with Crippen LogP contribution in [0.2, 0.25) is 0 Å². The number of aryl methyl sites for hydroxylation is 2. The quantitative estimate of drug-likeness (QED) is 0.228. The molecule has 1 atom stereocenters. The monoisotopic (exact) mass is 538 g/mol. The summed E-state index contributed by atoms with van der Waals surface area (Å²) in [6.45, 7) is 5.57. The Bertz CT molecular complexity index is 1330. The third-order valence-corrected chi connectivity index (χ3v) is 6.65. The van der Waals surface area contributed by atoms with Crippen molar-refractivity contribution in [2.45, 2.75) is 58.7 Å². The average Bonchev–Trinajstić information content (AvgIpc) is 3.28. The van der Waals surface area contributed by atoms with Gasteiger partial charge in [0.15, 0.2) is 5.78 Å². The van der Waals surface area contributed by atoms with E-state index in [1.807, 2.05) is 6.92 Å². The molecule has 0 saturated heterocycles. The predicted octanol–water partition coefficient (Wildman–Crippen LogP) is 6.28. The first-order valence-corrected chi connectivity index (χ1v) is 13.4. The van der Waals surface area contributed by atoms with Gasteiger partial charge in [-0.2, -0.15) is 26.7 Å². The first-order chi connectivity index (χ1) is 17.3. The van der Waals surface area contributed by atoms with Crippen LogP contribution in [0, 0.1) is 13.8 Å². The highest BCUT2D eigenvalue weighted by atomic mass is 32.2. The van der Waals surface area contributed by atoms with E-state index < -0.39 is 27.6 Å². The van der Waals surface area contributed by atoms with Crippen LogP contribution in [-0.4, -0.2) is 34.3 Å². The van der Waals surface area contributed by atoms with Crippen molar-refractivity contribution >= 4 is 15.9 Å². The van der Waals surface area contributed by atoms with Crippen molar-refractivity contribution in [3.63, 3.8) is 0 Å². The lowest BCUT2D eigenvalue weighted by molar-refractivity contribution is -0.137. The average molecular weight is 539 g/mol. The second-order valence-electron chi connectivity index (χ2n) is 8.91. The fourth-order valence-corrected chi connectivity index (χ4v) is 4.61. The third kappa shape index (κ3) is 7.65. The van der Waals surface area contributed by atoms with Crippen LogP contribution in [0.15, 0.2) is 48.8 Å². The van der Waals surface area contributed by atoms with Gasteiger partial charge in [0.1, 0.15) is 11.9 Å². The number of hydrogen-bond acceptors (Lipinski definition) is 5. The maximum Gasteiger partial charge on any atom is 0.419 e. The summed E-state index contributed by atoms with van der Waals surface area (Å²) >= 11 is 0. The number of ketones is 1. The lowest BCUT2D eigenvalue weighted by Crippen LogP contribution is -2.10. The minimum Gasteiger partial charge on any atom is -0.486 e. The highest BCUT2D eigenvalue weighted by Gasteiger charge is 2.32. The lowest BCUT2D eigenvalue weighted by Gasteiger charge is -2.21. The minimum atomic E-state index is -4.48. The van der Waals surface area contributed by atoms with Crippen molar-refractivity contribution in [3.8, 4) is 11.4 Å². The van der Waals surface area contributed by atoms with Crippen LogP contribution in [0.25, 0.3) is 5.69 Å². The molecule has 11 heteroatoms.